The van der Waals surface area contributed by atoms with Crippen LogP contribution in [0.5, 0.6) is 0 Å². The van der Waals surface area contributed by atoms with Gasteiger partial charge in [0.05, 0.1) is 0 Å². The van der Waals surface area contributed by atoms with E-state index in [2.05, 4.69) is 10.3 Å². The van der Waals surface area contributed by atoms with Crippen molar-refractivity contribution in [1.82, 2.24) is 10.3 Å². The number of nitrogens with two attached hydrogens (primary N) is 1. The first-order chi connectivity index (χ1) is 10.2. The van der Waals surface area contributed by atoms with Gasteiger partial charge in [-0.25, -0.2) is 9.37 Å². The van der Waals surface area contributed by atoms with Crippen molar-refractivity contribution in [2.75, 3.05) is 12.3 Å². The summed E-state index contributed by atoms with van der Waals surface area (Å²) in [6, 6.07) is 6.40. The maximum absolute atomic E-state index is 12.7. The number of thiazole rings is 1. The Bertz CT molecular complexity index is 592. The Kier molecular flexibility index (Phi) is 8.40. The van der Waals surface area contributed by atoms with Crippen molar-refractivity contribution in [2.24, 2.45) is 5.73 Å². The molecule has 0 atom stereocenters. The van der Waals surface area contributed by atoms with Gasteiger partial charge in [0.1, 0.15) is 16.5 Å². The molecule has 0 fully saturated rings. The highest BCUT2D eigenvalue weighted by atomic mass is 35.5. The van der Waals surface area contributed by atoms with Gasteiger partial charge in [-0.1, -0.05) is 0 Å². The van der Waals surface area contributed by atoms with Crippen LogP contribution in [0.2, 0.25) is 0 Å². The van der Waals surface area contributed by atoms with Gasteiger partial charge in [0.15, 0.2) is 0 Å². The van der Waals surface area contributed by atoms with Gasteiger partial charge in [-0.2, -0.15) is 0 Å². The smallest absolute Gasteiger partial charge is 0.270 e. The first kappa shape index (κ1) is 18.9. The van der Waals surface area contributed by atoms with Crippen LogP contribution in [-0.2, 0) is 6.54 Å². The van der Waals surface area contributed by atoms with Crippen molar-refractivity contribution in [1.29, 1.82) is 0 Å². The molecule has 0 spiro atoms. The van der Waals surface area contributed by atoms with Gasteiger partial charge in [0, 0.05) is 23.4 Å². The van der Waals surface area contributed by atoms with Gasteiger partial charge in [-0.15, -0.1) is 35.5 Å². The van der Waals surface area contributed by atoms with Crippen molar-refractivity contribution >= 4 is 41.4 Å². The van der Waals surface area contributed by atoms with Crippen LogP contribution in [0.3, 0.4) is 0 Å². The molecule has 2 aromatic rings. The minimum Gasteiger partial charge on any atom is -0.351 e. The molecule has 1 amide bonds. The lowest BCUT2D eigenvalue weighted by Gasteiger charge is -2.03. The molecule has 2 rings (SSSR count). The fourth-order valence-corrected chi connectivity index (χ4v) is 3.10. The molecule has 3 N–H and O–H groups in total. The Balaban J connectivity index is 0.00000242. The molecule has 1 heterocycles. The Morgan fingerprint density at radius 3 is 2.73 bits per heavy atom. The molecule has 4 nitrogen and oxygen atoms in total. The van der Waals surface area contributed by atoms with E-state index in [4.69, 9.17) is 5.73 Å². The number of carbonyl (C=O) groups is 1. The Morgan fingerprint density at radius 1 is 1.36 bits per heavy atom. The number of amides is 1. The van der Waals surface area contributed by atoms with Crippen molar-refractivity contribution in [3.05, 3.63) is 46.2 Å². The molecule has 1 aromatic heterocycles. The largest absolute Gasteiger partial charge is 0.351 e. The standard InChI is InChI=1S/C14H16FN3OS2.ClH/c15-10-2-4-11(5-3-10)20-7-1-6-17-14(19)12-9-21-13(8-16)18-12;/h2-5,9H,1,6-8,16H2,(H,17,19);1H. The summed E-state index contributed by atoms with van der Waals surface area (Å²) >= 11 is 3.02. The van der Waals surface area contributed by atoms with Crippen LogP contribution in [-0.4, -0.2) is 23.2 Å². The molecule has 0 aliphatic heterocycles. The molecule has 0 unspecified atom stereocenters. The van der Waals surface area contributed by atoms with Gasteiger partial charge in [-0.05, 0) is 36.4 Å². The molecule has 0 saturated carbocycles. The van der Waals surface area contributed by atoms with Crippen LogP contribution in [0.1, 0.15) is 21.9 Å². The summed E-state index contributed by atoms with van der Waals surface area (Å²) in [6.07, 6.45) is 0.835. The highest BCUT2D eigenvalue weighted by Crippen LogP contribution is 2.18. The van der Waals surface area contributed by atoms with Gasteiger partial charge >= 0.3 is 0 Å². The first-order valence-electron chi connectivity index (χ1n) is 6.50. The fraction of sp³-hybridized carbons (Fsp3) is 0.286. The normalized spacial score (nSPS) is 10.1. The minimum atomic E-state index is -0.230. The molecule has 0 saturated heterocycles. The first-order valence-corrected chi connectivity index (χ1v) is 8.36. The zero-order valence-electron chi connectivity index (χ0n) is 11.8. The second kappa shape index (κ2) is 9.78. The lowest BCUT2D eigenvalue weighted by atomic mass is 10.4. The average molecular weight is 362 g/mol. The zero-order chi connectivity index (χ0) is 15.1. The fourth-order valence-electron chi connectivity index (χ4n) is 1.59. The molecule has 0 aliphatic rings. The second-order valence-corrected chi connectivity index (χ2v) is 6.35. The monoisotopic (exact) mass is 361 g/mol. The van der Waals surface area contributed by atoms with Crippen molar-refractivity contribution in [3.8, 4) is 0 Å². The number of hydrogen-bond acceptors (Lipinski definition) is 5. The average Bonchev–Trinajstić information content (AvgIpc) is 2.98. The third kappa shape index (κ3) is 5.92. The summed E-state index contributed by atoms with van der Waals surface area (Å²) in [5.41, 5.74) is 5.88. The topological polar surface area (TPSA) is 68.0 Å². The van der Waals surface area contributed by atoms with Crippen LogP contribution < -0.4 is 11.1 Å². The van der Waals surface area contributed by atoms with Crippen LogP contribution >= 0.6 is 35.5 Å². The molecule has 120 valence electrons. The van der Waals surface area contributed by atoms with Gasteiger partial charge in [0.25, 0.3) is 5.91 Å². The number of halogens is 2. The number of thioether (sulfide) groups is 1. The van der Waals surface area contributed by atoms with Crippen LogP contribution in [0.15, 0.2) is 34.5 Å². The summed E-state index contributed by atoms with van der Waals surface area (Å²) in [4.78, 5) is 16.9. The van der Waals surface area contributed by atoms with E-state index in [1.165, 1.54) is 23.5 Å². The van der Waals surface area contributed by atoms with E-state index in [1.54, 1.807) is 29.3 Å². The highest BCUT2D eigenvalue weighted by molar-refractivity contribution is 7.99. The van der Waals surface area contributed by atoms with E-state index in [0.29, 0.717) is 18.8 Å². The maximum Gasteiger partial charge on any atom is 0.270 e. The molecule has 0 aliphatic carbocycles. The third-order valence-electron chi connectivity index (χ3n) is 2.65. The van der Waals surface area contributed by atoms with Crippen LogP contribution in [0.25, 0.3) is 0 Å². The quantitative estimate of drug-likeness (QED) is 0.587. The predicted molar refractivity (Wildman–Crippen MR) is 91.3 cm³/mol. The Morgan fingerprint density at radius 2 is 2.09 bits per heavy atom. The van der Waals surface area contributed by atoms with Gasteiger partial charge < -0.3 is 11.1 Å². The third-order valence-corrected chi connectivity index (χ3v) is 4.62. The summed E-state index contributed by atoms with van der Waals surface area (Å²) in [5.74, 6) is 0.460. The number of rotatable bonds is 7. The zero-order valence-corrected chi connectivity index (χ0v) is 14.2. The summed E-state index contributed by atoms with van der Waals surface area (Å²) in [5, 5.41) is 5.29. The molecular weight excluding hydrogens is 345 g/mol. The van der Waals surface area contributed by atoms with Gasteiger partial charge in [0.2, 0.25) is 0 Å². The summed E-state index contributed by atoms with van der Waals surface area (Å²) in [6.45, 7) is 0.939. The minimum absolute atomic E-state index is 0. The van der Waals surface area contributed by atoms with E-state index in [9.17, 15) is 9.18 Å². The number of nitrogens with one attached hydrogen (secondary N) is 1. The Hall–Kier alpha value is -1.15. The molecule has 0 radical (unpaired) electrons. The van der Waals surface area contributed by atoms with E-state index >= 15 is 0 Å². The maximum atomic E-state index is 12.7. The summed E-state index contributed by atoms with van der Waals surface area (Å²) in [7, 11) is 0. The van der Waals surface area contributed by atoms with Crippen molar-refractivity contribution < 1.29 is 9.18 Å². The van der Waals surface area contributed by atoms with Crippen molar-refractivity contribution in [3.63, 3.8) is 0 Å². The number of benzene rings is 1. The van der Waals surface area contributed by atoms with Crippen molar-refractivity contribution in [2.45, 2.75) is 17.9 Å². The van der Waals surface area contributed by atoms with Gasteiger partial charge in [-0.3, -0.25) is 4.79 Å². The van der Waals surface area contributed by atoms with Crippen LogP contribution in [0.4, 0.5) is 4.39 Å². The second-order valence-electron chi connectivity index (χ2n) is 4.24. The van der Waals surface area contributed by atoms with E-state index in [0.717, 1.165) is 22.1 Å². The molecule has 0 bridgehead atoms. The molecule has 22 heavy (non-hydrogen) atoms. The number of aromatic nitrogens is 1. The number of hydrogen-bond donors (Lipinski definition) is 2. The van der Waals surface area contributed by atoms with E-state index in [1.807, 2.05) is 0 Å². The lowest BCUT2D eigenvalue weighted by molar-refractivity contribution is 0.0949. The molecular formula is C14H17ClFN3OS2. The molecule has 1 aromatic carbocycles. The predicted octanol–water partition coefficient (Wildman–Crippen LogP) is 3.07. The summed E-state index contributed by atoms with van der Waals surface area (Å²) < 4.78 is 12.7. The van der Waals surface area contributed by atoms with E-state index < -0.39 is 0 Å². The number of nitrogens with zero attached hydrogens (tertiary/aromatic N) is 1. The van der Waals surface area contributed by atoms with E-state index in [-0.39, 0.29) is 24.1 Å². The number of carbonyl (C=O) groups excluding carboxylic acids is 1. The van der Waals surface area contributed by atoms with Crippen LogP contribution in [0, 0.1) is 5.82 Å². The lowest BCUT2D eigenvalue weighted by Crippen LogP contribution is -2.25. The SMILES string of the molecule is Cl.NCc1nc(C(=O)NCCCSc2ccc(F)cc2)cs1. The highest BCUT2D eigenvalue weighted by Gasteiger charge is 2.09. The Labute approximate surface area is 143 Å². The molecule has 8 heteroatoms.